The molecule has 2 aromatic rings. The fraction of sp³-hybridized carbons (Fsp3) is 0.250. The van der Waals surface area contributed by atoms with Crippen LogP contribution in [0, 0.1) is 0 Å². The molecule has 18 heavy (non-hydrogen) atoms. The topological polar surface area (TPSA) is 63.6 Å². The Kier molecular flexibility index (Phi) is 2.71. The Morgan fingerprint density at radius 2 is 2.33 bits per heavy atom. The lowest BCUT2D eigenvalue weighted by molar-refractivity contribution is -0.125. The highest BCUT2D eigenvalue weighted by atomic mass is 32.1. The molecule has 0 aliphatic carbocycles. The fourth-order valence-corrected chi connectivity index (χ4v) is 2.62. The zero-order valence-corrected chi connectivity index (χ0v) is 10.5. The largest absolute Gasteiger partial charge is 0.382 e. The maximum atomic E-state index is 11.9. The first-order chi connectivity index (χ1) is 8.72. The van der Waals surface area contributed by atoms with E-state index in [1.165, 1.54) is 11.3 Å². The van der Waals surface area contributed by atoms with Crippen molar-refractivity contribution in [3.63, 3.8) is 0 Å². The van der Waals surface area contributed by atoms with Crippen molar-refractivity contribution in [2.24, 2.45) is 5.16 Å². The quantitative estimate of drug-likeness (QED) is 0.902. The van der Waals surface area contributed by atoms with Crippen LogP contribution in [0.1, 0.15) is 13.3 Å². The van der Waals surface area contributed by atoms with Gasteiger partial charge in [-0.2, -0.15) is 0 Å². The predicted octanol–water partition coefficient (Wildman–Crippen LogP) is 2.40. The van der Waals surface area contributed by atoms with Gasteiger partial charge in [0.2, 0.25) is 6.10 Å². The van der Waals surface area contributed by atoms with E-state index < -0.39 is 6.10 Å². The molecule has 3 rings (SSSR count). The van der Waals surface area contributed by atoms with Gasteiger partial charge < -0.3 is 4.84 Å². The number of nitrogens with zero attached hydrogens (tertiary/aromatic N) is 2. The summed E-state index contributed by atoms with van der Waals surface area (Å²) in [6, 6.07) is 7.76. The zero-order valence-electron chi connectivity index (χ0n) is 9.71. The number of carbonyl (C=O) groups excluding carboxylic acids is 1. The number of carbonyl (C=O) groups is 1. The van der Waals surface area contributed by atoms with Crippen LogP contribution in [0.15, 0.2) is 29.4 Å². The molecule has 0 bridgehead atoms. The van der Waals surface area contributed by atoms with Gasteiger partial charge >= 0.3 is 0 Å². The van der Waals surface area contributed by atoms with E-state index in [9.17, 15) is 4.79 Å². The van der Waals surface area contributed by atoms with Gasteiger partial charge in [-0.25, -0.2) is 4.98 Å². The molecule has 1 aliphatic heterocycles. The number of thiazole rings is 1. The third kappa shape index (κ3) is 2.06. The molecule has 2 heterocycles. The smallest absolute Gasteiger partial charge is 0.270 e. The van der Waals surface area contributed by atoms with Gasteiger partial charge in [-0.3, -0.25) is 10.1 Å². The fourth-order valence-electron chi connectivity index (χ4n) is 1.75. The van der Waals surface area contributed by atoms with Crippen molar-refractivity contribution in [2.45, 2.75) is 19.4 Å². The van der Waals surface area contributed by atoms with E-state index >= 15 is 0 Å². The molecule has 1 N–H and O–H groups in total. The van der Waals surface area contributed by atoms with Crippen LogP contribution < -0.4 is 5.32 Å². The number of nitrogens with one attached hydrogen (secondary N) is 1. The van der Waals surface area contributed by atoms with Crippen molar-refractivity contribution < 1.29 is 9.63 Å². The lowest BCUT2D eigenvalue weighted by Gasteiger charge is -2.06. The average Bonchev–Trinajstić information content (AvgIpc) is 2.94. The Hall–Kier alpha value is -1.95. The third-order valence-electron chi connectivity index (χ3n) is 2.63. The van der Waals surface area contributed by atoms with E-state index in [2.05, 4.69) is 15.5 Å². The molecule has 5 nitrogen and oxygen atoms in total. The van der Waals surface area contributed by atoms with Gasteiger partial charge in [-0.1, -0.05) is 28.6 Å². The molecule has 0 fully saturated rings. The molecule has 6 heteroatoms. The summed E-state index contributed by atoms with van der Waals surface area (Å²) in [6.45, 7) is 1.84. The minimum atomic E-state index is -0.531. The van der Waals surface area contributed by atoms with Gasteiger partial charge in [0.1, 0.15) is 0 Å². The van der Waals surface area contributed by atoms with Crippen LogP contribution in [0.3, 0.4) is 0 Å². The molecule has 1 aromatic carbocycles. The molecule has 1 unspecified atom stereocenters. The van der Waals surface area contributed by atoms with Gasteiger partial charge in [-0.15, -0.1) is 0 Å². The lowest BCUT2D eigenvalue weighted by Crippen LogP contribution is -2.27. The van der Waals surface area contributed by atoms with Crippen LogP contribution >= 0.6 is 11.3 Å². The molecule has 0 saturated carbocycles. The van der Waals surface area contributed by atoms with E-state index in [1.54, 1.807) is 0 Å². The minimum Gasteiger partial charge on any atom is -0.382 e. The van der Waals surface area contributed by atoms with Crippen molar-refractivity contribution in [2.75, 3.05) is 5.32 Å². The molecule has 1 aliphatic rings. The van der Waals surface area contributed by atoms with Crippen LogP contribution in [0.5, 0.6) is 0 Å². The minimum absolute atomic E-state index is 0.199. The van der Waals surface area contributed by atoms with Crippen LogP contribution in [-0.4, -0.2) is 22.7 Å². The number of fused-ring (bicyclic) bond motifs is 1. The van der Waals surface area contributed by atoms with Crippen molar-refractivity contribution in [3.05, 3.63) is 24.3 Å². The van der Waals surface area contributed by atoms with Gasteiger partial charge in [0.25, 0.3) is 5.91 Å². The molecular formula is C12H11N3O2S. The summed E-state index contributed by atoms with van der Waals surface area (Å²) in [5.41, 5.74) is 1.72. The third-order valence-corrected chi connectivity index (χ3v) is 3.58. The van der Waals surface area contributed by atoms with Crippen molar-refractivity contribution >= 4 is 38.3 Å². The summed E-state index contributed by atoms with van der Waals surface area (Å²) in [5, 5.41) is 7.12. The summed E-state index contributed by atoms with van der Waals surface area (Å²) < 4.78 is 1.05. The van der Waals surface area contributed by atoms with E-state index in [4.69, 9.17) is 4.84 Å². The zero-order chi connectivity index (χ0) is 12.5. The van der Waals surface area contributed by atoms with Crippen LogP contribution in [0.4, 0.5) is 5.13 Å². The lowest BCUT2D eigenvalue weighted by atomic mass is 10.2. The monoisotopic (exact) mass is 261 g/mol. The Balaban J connectivity index is 1.74. The molecule has 0 radical (unpaired) electrons. The highest BCUT2D eigenvalue weighted by Gasteiger charge is 2.26. The number of hydrogen-bond donors (Lipinski definition) is 1. The number of aromatic nitrogens is 1. The summed E-state index contributed by atoms with van der Waals surface area (Å²) in [6.07, 6.45) is 0.00788. The van der Waals surface area contributed by atoms with Crippen LogP contribution in [-0.2, 0) is 9.63 Å². The number of oxime groups is 1. The molecular weight excluding hydrogens is 250 g/mol. The Morgan fingerprint density at radius 3 is 3.06 bits per heavy atom. The second-order valence-electron chi connectivity index (χ2n) is 4.10. The predicted molar refractivity (Wildman–Crippen MR) is 70.8 cm³/mol. The highest BCUT2D eigenvalue weighted by Crippen LogP contribution is 2.25. The van der Waals surface area contributed by atoms with Gasteiger partial charge in [-0.05, 0) is 19.1 Å². The number of amides is 1. The SMILES string of the molecule is CC1=NOC(C(=O)Nc2nc3ccccc3s2)C1. The maximum Gasteiger partial charge on any atom is 0.270 e. The molecule has 0 saturated heterocycles. The van der Waals surface area contributed by atoms with E-state index in [-0.39, 0.29) is 5.91 Å². The number of para-hydroxylation sites is 1. The first kappa shape index (κ1) is 11.2. The first-order valence-electron chi connectivity index (χ1n) is 5.58. The van der Waals surface area contributed by atoms with Crippen LogP contribution in [0.2, 0.25) is 0 Å². The highest BCUT2D eigenvalue weighted by molar-refractivity contribution is 7.22. The summed E-state index contributed by atoms with van der Waals surface area (Å²) in [5.74, 6) is -0.199. The summed E-state index contributed by atoms with van der Waals surface area (Å²) in [4.78, 5) is 21.3. The second kappa shape index (κ2) is 4.38. The van der Waals surface area contributed by atoms with Crippen LogP contribution in [0.25, 0.3) is 10.2 Å². The van der Waals surface area contributed by atoms with Crippen molar-refractivity contribution in [1.82, 2.24) is 4.98 Å². The molecule has 1 atom stereocenters. The standard InChI is InChI=1S/C12H11N3O2S/c1-7-6-9(17-15-7)11(16)14-12-13-8-4-2-3-5-10(8)18-12/h2-5,9H,6H2,1H3,(H,13,14,16). The number of hydrogen-bond acceptors (Lipinski definition) is 5. The summed E-state index contributed by atoms with van der Waals surface area (Å²) in [7, 11) is 0. The summed E-state index contributed by atoms with van der Waals surface area (Å²) >= 11 is 1.45. The van der Waals surface area contributed by atoms with Gasteiger partial charge in [0, 0.05) is 6.42 Å². The number of anilines is 1. The normalized spacial score (nSPS) is 18.5. The van der Waals surface area contributed by atoms with E-state index in [1.807, 2.05) is 31.2 Å². The van der Waals surface area contributed by atoms with E-state index in [0.717, 1.165) is 15.9 Å². The number of rotatable bonds is 2. The Morgan fingerprint density at radius 1 is 1.50 bits per heavy atom. The molecule has 0 spiro atoms. The average molecular weight is 261 g/mol. The number of benzene rings is 1. The Bertz CT molecular complexity index is 602. The first-order valence-corrected chi connectivity index (χ1v) is 6.40. The van der Waals surface area contributed by atoms with Crippen molar-refractivity contribution in [1.29, 1.82) is 0 Å². The van der Waals surface area contributed by atoms with Crippen molar-refractivity contribution in [3.8, 4) is 0 Å². The molecule has 92 valence electrons. The second-order valence-corrected chi connectivity index (χ2v) is 5.13. The molecule has 1 amide bonds. The van der Waals surface area contributed by atoms with Gasteiger partial charge in [0.05, 0.1) is 15.9 Å². The van der Waals surface area contributed by atoms with Gasteiger partial charge in [0.15, 0.2) is 5.13 Å². The molecule has 1 aromatic heterocycles. The van der Waals surface area contributed by atoms with E-state index in [0.29, 0.717) is 11.6 Å². The Labute approximate surface area is 107 Å². The maximum absolute atomic E-state index is 11.9.